The van der Waals surface area contributed by atoms with Gasteiger partial charge in [-0.2, -0.15) is 0 Å². The van der Waals surface area contributed by atoms with Gasteiger partial charge in [0.15, 0.2) is 11.6 Å². The van der Waals surface area contributed by atoms with Crippen molar-refractivity contribution in [2.45, 2.75) is 0 Å². The van der Waals surface area contributed by atoms with Gasteiger partial charge in [-0.25, -0.2) is 19.9 Å². The molecule has 0 saturated heterocycles. The highest BCUT2D eigenvalue weighted by Crippen LogP contribution is 2.37. The molecule has 4 heteroatoms. The van der Waals surface area contributed by atoms with Crippen LogP contribution >= 0.6 is 0 Å². The van der Waals surface area contributed by atoms with E-state index in [1.54, 1.807) is 24.8 Å². The second kappa shape index (κ2) is 6.71. The van der Waals surface area contributed by atoms with Gasteiger partial charge in [-0.05, 0) is 56.6 Å². The highest BCUT2D eigenvalue weighted by atomic mass is 14.9. The molecule has 2 heterocycles. The molecule has 6 aromatic rings. The lowest BCUT2D eigenvalue weighted by molar-refractivity contribution is 1.18. The van der Waals surface area contributed by atoms with Gasteiger partial charge in [0.1, 0.15) is 0 Å². The molecule has 0 fully saturated rings. The average molecular weight is 384 g/mol. The first kappa shape index (κ1) is 16.7. The smallest absolute Gasteiger partial charge is 0.159 e. The molecule has 2 aromatic heterocycles. The molecule has 0 bridgehead atoms. The maximum Gasteiger partial charge on any atom is 0.159 e. The summed E-state index contributed by atoms with van der Waals surface area (Å²) in [4.78, 5) is 17.7. The number of benzene rings is 4. The number of nitrogens with zero attached hydrogens (tertiary/aromatic N) is 4. The lowest BCUT2D eigenvalue weighted by Gasteiger charge is -2.12. The molecular formula is C26H16N4. The highest BCUT2D eigenvalue weighted by Gasteiger charge is 2.12. The normalized spacial score (nSPS) is 11.3. The molecular weight excluding hydrogens is 368 g/mol. The maximum atomic E-state index is 4.42. The van der Waals surface area contributed by atoms with Gasteiger partial charge in [-0.1, -0.05) is 48.5 Å². The molecule has 0 amide bonds. The number of hydrogen-bond donors (Lipinski definition) is 0. The standard InChI is InChI=1S/C26H16N4/c1-2-6-20-19(5-1)23-15-17(25-27-11-3-12-28-25)7-9-21(23)22-10-8-18(16-24(20)22)26-29-13-4-14-30-26/h1-16H. The van der Waals surface area contributed by atoms with Crippen molar-refractivity contribution in [2.24, 2.45) is 0 Å². The highest BCUT2D eigenvalue weighted by molar-refractivity contribution is 6.26. The van der Waals surface area contributed by atoms with E-state index in [1.165, 1.54) is 32.3 Å². The summed E-state index contributed by atoms with van der Waals surface area (Å²) in [5, 5.41) is 7.25. The monoisotopic (exact) mass is 384 g/mol. The second-order valence-electron chi connectivity index (χ2n) is 7.21. The Labute approximate surface area is 172 Å². The van der Waals surface area contributed by atoms with Crippen LogP contribution in [0.4, 0.5) is 0 Å². The Morgan fingerprint density at radius 2 is 0.767 bits per heavy atom. The summed E-state index contributed by atoms with van der Waals surface area (Å²) in [6, 6.07) is 25.1. The summed E-state index contributed by atoms with van der Waals surface area (Å²) in [6.07, 6.45) is 7.10. The fourth-order valence-electron chi connectivity index (χ4n) is 4.13. The van der Waals surface area contributed by atoms with E-state index in [-0.39, 0.29) is 0 Å². The van der Waals surface area contributed by atoms with Crippen molar-refractivity contribution in [3.63, 3.8) is 0 Å². The molecule has 0 saturated carbocycles. The molecule has 0 unspecified atom stereocenters. The predicted octanol–water partition coefficient (Wildman–Crippen LogP) is 6.06. The van der Waals surface area contributed by atoms with E-state index in [0.717, 1.165) is 22.8 Å². The third-order valence-corrected chi connectivity index (χ3v) is 5.48. The van der Waals surface area contributed by atoms with Crippen molar-refractivity contribution in [2.75, 3.05) is 0 Å². The van der Waals surface area contributed by atoms with Crippen LogP contribution in [0.5, 0.6) is 0 Å². The van der Waals surface area contributed by atoms with Crippen LogP contribution in [0, 0.1) is 0 Å². The minimum Gasteiger partial charge on any atom is -0.237 e. The van der Waals surface area contributed by atoms with E-state index in [9.17, 15) is 0 Å². The van der Waals surface area contributed by atoms with Crippen LogP contribution in [0.2, 0.25) is 0 Å². The SMILES string of the molecule is c1cnc(-c2ccc3c4ccc(-c5ncccn5)cc4c4ccccc4c3c2)nc1. The summed E-state index contributed by atoms with van der Waals surface area (Å²) >= 11 is 0. The largest absolute Gasteiger partial charge is 0.237 e. The van der Waals surface area contributed by atoms with Gasteiger partial charge in [0, 0.05) is 35.9 Å². The van der Waals surface area contributed by atoms with Gasteiger partial charge in [0.25, 0.3) is 0 Å². The van der Waals surface area contributed by atoms with Crippen LogP contribution in [0.25, 0.3) is 55.1 Å². The van der Waals surface area contributed by atoms with Crippen molar-refractivity contribution < 1.29 is 0 Å². The lowest BCUT2D eigenvalue weighted by Crippen LogP contribution is -1.90. The molecule has 0 radical (unpaired) electrons. The number of rotatable bonds is 2. The Kier molecular flexibility index (Phi) is 3.74. The predicted molar refractivity (Wildman–Crippen MR) is 121 cm³/mol. The maximum absolute atomic E-state index is 4.42. The molecule has 0 N–H and O–H groups in total. The van der Waals surface area contributed by atoms with Gasteiger partial charge in [0.2, 0.25) is 0 Å². The number of aromatic nitrogens is 4. The molecule has 140 valence electrons. The third-order valence-electron chi connectivity index (χ3n) is 5.48. The molecule has 0 spiro atoms. The molecule has 0 atom stereocenters. The molecule has 30 heavy (non-hydrogen) atoms. The number of hydrogen-bond acceptors (Lipinski definition) is 4. The summed E-state index contributed by atoms with van der Waals surface area (Å²) in [6.45, 7) is 0. The van der Waals surface area contributed by atoms with E-state index < -0.39 is 0 Å². The van der Waals surface area contributed by atoms with E-state index in [2.05, 4.69) is 80.6 Å². The third kappa shape index (κ3) is 2.62. The zero-order valence-electron chi connectivity index (χ0n) is 16.0. The van der Waals surface area contributed by atoms with Crippen LogP contribution in [0.3, 0.4) is 0 Å². The molecule has 6 rings (SSSR count). The van der Waals surface area contributed by atoms with Gasteiger partial charge in [-0.3, -0.25) is 0 Å². The lowest BCUT2D eigenvalue weighted by atomic mass is 9.92. The van der Waals surface area contributed by atoms with Crippen molar-refractivity contribution >= 4 is 32.3 Å². The zero-order chi connectivity index (χ0) is 19.9. The molecule has 4 aromatic carbocycles. The van der Waals surface area contributed by atoms with Crippen molar-refractivity contribution in [3.05, 3.63) is 97.6 Å². The first-order valence-corrected chi connectivity index (χ1v) is 9.81. The van der Waals surface area contributed by atoms with E-state index in [1.807, 2.05) is 12.1 Å². The molecule has 0 aliphatic heterocycles. The minimum atomic E-state index is 0.736. The zero-order valence-corrected chi connectivity index (χ0v) is 16.0. The first-order valence-electron chi connectivity index (χ1n) is 9.81. The van der Waals surface area contributed by atoms with Crippen LogP contribution in [-0.4, -0.2) is 19.9 Å². The Balaban J connectivity index is 1.69. The van der Waals surface area contributed by atoms with Gasteiger partial charge >= 0.3 is 0 Å². The molecule has 0 aliphatic rings. The topological polar surface area (TPSA) is 51.6 Å². The number of fused-ring (bicyclic) bond motifs is 6. The van der Waals surface area contributed by atoms with Gasteiger partial charge < -0.3 is 0 Å². The van der Waals surface area contributed by atoms with Crippen LogP contribution in [-0.2, 0) is 0 Å². The summed E-state index contributed by atoms with van der Waals surface area (Å²) < 4.78 is 0. The van der Waals surface area contributed by atoms with Crippen molar-refractivity contribution in [1.82, 2.24) is 19.9 Å². The molecule has 0 aliphatic carbocycles. The van der Waals surface area contributed by atoms with Crippen LogP contribution in [0.15, 0.2) is 97.6 Å². The van der Waals surface area contributed by atoms with E-state index >= 15 is 0 Å². The Hall–Kier alpha value is -4.18. The second-order valence-corrected chi connectivity index (χ2v) is 7.21. The Morgan fingerprint density at radius 3 is 1.20 bits per heavy atom. The van der Waals surface area contributed by atoms with Gasteiger partial charge in [-0.15, -0.1) is 0 Å². The van der Waals surface area contributed by atoms with Crippen LogP contribution < -0.4 is 0 Å². The quantitative estimate of drug-likeness (QED) is 0.341. The Morgan fingerprint density at radius 1 is 0.367 bits per heavy atom. The average Bonchev–Trinajstić information content (AvgIpc) is 2.85. The van der Waals surface area contributed by atoms with Crippen LogP contribution in [0.1, 0.15) is 0 Å². The summed E-state index contributed by atoms with van der Waals surface area (Å²) in [7, 11) is 0. The molecule has 4 nitrogen and oxygen atoms in total. The van der Waals surface area contributed by atoms with E-state index in [0.29, 0.717) is 0 Å². The van der Waals surface area contributed by atoms with Gasteiger partial charge in [0.05, 0.1) is 0 Å². The Bertz CT molecular complexity index is 1390. The minimum absolute atomic E-state index is 0.736. The summed E-state index contributed by atoms with van der Waals surface area (Å²) in [5.74, 6) is 1.47. The summed E-state index contributed by atoms with van der Waals surface area (Å²) in [5.41, 5.74) is 2.03. The first-order chi connectivity index (χ1) is 14.9. The fraction of sp³-hybridized carbons (Fsp3) is 0. The van der Waals surface area contributed by atoms with Crippen molar-refractivity contribution in [3.8, 4) is 22.8 Å². The fourth-order valence-corrected chi connectivity index (χ4v) is 4.13. The van der Waals surface area contributed by atoms with Crippen molar-refractivity contribution in [1.29, 1.82) is 0 Å². The van der Waals surface area contributed by atoms with E-state index in [4.69, 9.17) is 0 Å².